The highest BCUT2D eigenvalue weighted by atomic mass is 127. The van der Waals surface area contributed by atoms with E-state index in [2.05, 4.69) is 34.6 Å². The van der Waals surface area contributed by atoms with Gasteiger partial charge in [0.25, 0.3) is 0 Å². The van der Waals surface area contributed by atoms with Crippen LogP contribution < -0.4 is 0 Å². The molecule has 1 rings (SSSR count). The van der Waals surface area contributed by atoms with E-state index in [-0.39, 0.29) is 12.0 Å². The topological polar surface area (TPSA) is 44.1 Å². The van der Waals surface area contributed by atoms with Crippen molar-refractivity contribution in [2.75, 3.05) is 6.61 Å². The molecule has 0 bridgehead atoms. The Hall–Kier alpha value is -0.590. The zero-order valence-electron chi connectivity index (χ0n) is 9.16. The second kappa shape index (κ2) is 5.48. The summed E-state index contributed by atoms with van der Waals surface area (Å²) < 4.78 is 7.57. The number of carbonyl (C=O) groups is 1. The summed E-state index contributed by atoms with van der Waals surface area (Å²) in [6.45, 7) is 6.29. The number of esters is 1. The fourth-order valence-corrected chi connectivity index (χ4v) is 1.83. The average Bonchev–Trinajstić information content (AvgIpc) is 2.59. The molecule has 0 aliphatic carbocycles. The van der Waals surface area contributed by atoms with E-state index in [9.17, 15) is 4.79 Å². The van der Waals surface area contributed by atoms with Crippen LogP contribution in [-0.2, 0) is 4.74 Å². The van der Waals surface area contributed by atoms with Gasteiger partial charge in [-0.3, -0.25) is 4.68 Å². The first-order valence-electron chi connectivity index (χ1n) is 5.01. The second-order valence-corrected chi connectivity index (χ2v) is 4.43. The third kappa shape index (κ3) is 2.70. The normalized spacial score (nSPS) is 12.5. The molecule has 0 amide bonds. The highest BCUT2D eigenvalue weighted by Gasteiger charge is 2.20. The average molecular weight is 322 g/mol. The van der Waals surface area contributed by atoms with Gasteiger partial charge >= 0.3 is 5.97 Å². The minimum absolute atomic E-state index is 0.216. The molecule has 0 aliphatic rings. The van der Waals surface area contributed by atoms with E-state index < -0.39 is 0 Å². The van der Waals surface area contributed by atoms with Crippen molar-refractivity contribution in [1.29, 1.82) is 0 Å². The maximum atomic E-state index is 11.7. The maximum Gasteiger partial charge on any atom is 0.357 e. The van der Waals surface area contributed by atoms with Crippen molar-refractivity contribution < 1.29 is 9.53 Å². The first kappa shape index (κ1) is 12.5. The van der Waals surface area contributed by atoms with E-state index in [1.54, 1.807) is 17.8 Å². The van der Waals surface area contributed by atoms with Crippen LogP contribution in [0.5, 0.6) is 0 Å². The summed E-state index contributed by atoms with van der Waals surface area (Å²) in [6.07, 6.45) is 2.63. The molecule has 0 unspecified atom stereocenters. The fourth-order valence-electron chi connectivity index (χ4n) is 1.24. The van der Waals surface area contributed by atoms with E-state index >= 15 is 0 Å². The molecule has 0 spiro atoms. The Morgan fingerprint density at radius 3 is 2.87 bits per heavy atom. The molecule has 0 fully saturated rings. The molecule has 0 saturated carbocycles. The predicted molar refractivity (Wildman–Crippen MR) is 65.9 cm³/mol. The minimum Gasteiger partial charge on any atom is -0.461 e. The van der Waals surface area contributed by atoms with Gasteiger partial charge in [0.15, 0.2) is 5.69 Å². The third-order valence-electron chi connectivity index (χ3n) is 2.23. The van der Waals surface area contributed by atoms with E-state index in [0.29, 0.717) is 12.3 Å². The Morgan fingerprint density at radius 1 is 1.67 bits per heavy atom. The summed E-state index contributed by atoms with van der Waals surface area (Å²) in [5.41, 5.74) is 0.562. The van der Waals surface area contributed by atoms with Gasteiger partial charge < -0.3 is 4.74 Å². The molecule has 1 aromatic rings. The van der Waals surface area contributed by atoms with Gasteiger partial charge in [-0.1, -0.05) is 6.92 Å². The first-order chi connectivity index (χ1) is 7.11. The first-order valence-corrected chi connectivity index (χ1v) is 6.09. The monoisotopic (exact) mass is 322 g/mol. The molecule has 0 N–H and O–H groups in total. The molecule has 4 nitrogen and oxygen atoms in total. The summed E-state index contributed by atoms with van der Waals surface area (Å²) >= 11 is 2.10. The van der Waals surface area contributed by atoms with Crippen LogP contribution in [0.15, 0.2) is 6.20 Å². The number of hydrogen-bond acceptors (Lipinski definition) is 3. The number of carbonyl (C=O) groups excluding carboxylic acids is 1. The van der Waals surface area contributed by atoms with Crippen molar-refractivity contribution in [2.24, 2.45) is 0 Å². The van der Waals surface area contributed by atoms with Crippen LogP contribution in [-0.4, -0.2) is 22.4 Å². The predicted octanol–water partition coefficient (Wildman–Crippen LogP) is 2.64. The molecule has 1 atom stereocenters. The van der Waals surface area contributed by atoms with Crippen LogP contribution in [0.2, 0.25) is 0 Å². The zero-order valence-corrected chi connectivity index (χ0v) is 11.3. The lowest BCUT2D eigenvalue weighted by atomic mass is 10.2. The molecule has 0 aliphatic heterocycles. The fraction of sp³-hybridized carbons (Fsp3) is 0.600. The number of hydrogen-bond donors (Lipinski definition) is 0. The van der Waals surface area contributed by atoms with Gasteiger partial charge in [0, 0.05) is 6.04 Å². The van der Waals surface area contributed by atoms with E-state index in [0.717, 1.165) is 9.99 Å². The van der Waals surface area contributed by atoms with Crippen molar-refractivity contribution in [1.82, 2.24) is 9.78 Å². The van der Waals surface area contributed by atoms with E-state index in [4.69, 9.17) is 4.74 Å². The quantitative estimate of drug-likeness (QED) is 0.632. The molecule has 84 valence electrons. The standard InChI is InChI=1S/C10H15IN2O2/c1-4-7(3)13-9(8(11)6-12-13)10(14)15-5-2/h6-7H,4-5H2,1-3H3/t7-/m1/s1. The molecule has 0 saturated heterocycles. The van der Waals surface area contributed by atoms with Crippen molar-refractivity contribution >= 4 is 28.6 Å². The van der Waals surface area contributed by atoms with Crippen molar-refractivity contribution in [2.45, 2.75) is 33.2 Å². The van der Waals surface area contributed by atoms with Crippen LogP contribution in [0.4, 0.5) is 0 Å². The van der Waals surface area contributed by atoms with Crippen molar-refractivity contribution in [3.8, 4) is 0 Å². The van der Waals surface area contributed by atoms with Crippen molar-refractivity contribution in [3.05, 3.63) is 15.5 Å². The Labute approximate surface area is 103 Å². The third-order valence-corrected chi connectivity index (χ3v) is 3.02. The Balaban J connectivity index is 3.03. The van der Waals surface area contributed by atoms with Gasteiger partial charge in [-0.05, 0) is 42.9 Å². The Kier molecular flexibility index (Phi) is 4.56. The molecule has 15 heavy (non-hydrogen) atoms. The van der Waals surface area contributed by atoms with Gasteiger partial charge in [-0.2, -0.15) is 5.10 Å². The van der Waals surface area contributed by atoms with Crippen LogP contribution in [0, 0.1) is 3.57 Å². The minimum atomic E-state index is -0.292. The van der Waals surface area contributed by atoms with Gasteiger partial charge in [0.2, 0.25) is 0 Å². The molecule has 1 aromatic heterocycles. The zero-order chi connectivity index (χ0) is 11.4. The molecule has 1 heterocycles. The lowest BCUT2D eigenvalue weighted by molar-refractivity contribution is 0.0507. The van der Waals surface area contributed by atoms with Crippen LogP contribution >= 0.6 is 22.6 Å². The van der Waals surface area contributed by atoms with Crippen LogP contribution in [0.1, 0.15) is 43.7 Å². The molecule has 5 heteroatoms. The molecule has 0 aromatic carbocycles. The summed E-state index contributed by atoms with van der Waals surface area (Å²) in [5.74, 6) is -0.292. The number of rotatable bonds is 4. The van der Waals surface area contributed by atoms with Crippen LogP contribution in [0.25, 0.3) is 0 Å². The Morgan fingerprint density at radius 2 is 2.33 bits per heavy atom. The van der Waals surface area contributed by atoms with Crippen LogP contribution in [0.3, 0.4) is 0 Å². The maximum absolute atomic E-state index is 11.7. The summed E-state index contributed by atoms with van der Waals surface area (Å²) in [4.78, 5) is 11.7. The molecular weight excluding hydrogens is 307 g/mol. The number of halogens is 1. The number of nitrogens with zero attached hydrogens (tertiary/aromatic N) is 2. The summed E-state index contributed by atoms with van der Waals surface area (Å²) in [7, 11) is 0. The highest BCUT2D eigenvalue weighted by Crippen LogP contribution is 2.18. The summed E-state index contributed by atoms with van der Waals surface area (Å²) in [6, 6.07) is 0.216. The lowest BCUT2D eigenvalue weighted by Crippen LogP contribution is -2.17. The van der Waals surface area contributed by atoms with E-state index in [1.165, 1.54) is 0 Å². The van der Waals surface area contributed by atoms with Gasteiger partial charge in [-0.15, -0.1) is 0 Å². The van der Waals surface area contributed by atoms with Gasteiger partial charge in [-0.25, -0.2) is 4.79 Å². The number of ether oxygens (including phenoxy) is 1. The van der Waals surface area contributed by atoms with Gasteiger partial charge in [0.05, 0.1) is 16.4 Å². The van der Waals surface area contributed by atoms with Gasteiger partial charge in [0.1, 0.15) is 0 Å². The highest BCUT2D eigenvalue weighted by molar-refractivity contribution is 14.1. The Bertz CT molecular complexity index is 349. The largest absolute Gasteiger partial charge is 0.461 e. The smallest absolute Gasteiger partial charge is 0.357 e. The van der Waals surface area contributed by atoms with E-state index in [1.807, 2.05) is 6.92 Å². The van der Waals surface area contributed by atoms with Crippen molar-refractivity contribution in [3.63, 3.8) is 0 Å². The second-order valence-electron chi connectivity index (χ2n) is 3.26. The lowest BCUT2D eigenvalue weighted by Gasteiger charge is -2.12. The SMILES string of the molecule is CCOC(=O)c1c(I)cnn1[C@H](C)CC. The molecular formula is C10H15IN2O2. The number of aromatic nitrogens is 2. The molecule has 0 radical (unpaired) electrons. The summed E-state index contributed by atoms with van der Waals surface area (Å²) in [5, 5.41) is 4.20.